The maximum Gasteiger partial charge on any atom is 0.274 e. The van der Waals surface area contributed by atoms with E-state index in [0.717, 1.165) is 42.6 Å². The van der Waals surface area contributed by atoms with Crippen LogP contribution in [0.5, 0.6) is 0 Å². The molecule has 1 aliphatic heterocycles. The summed E-state index contributed by atoms with van der Waals surface area (Å²) in [6, 6.07) is 13.1. The molecule has 132 valence electrons. The number of anilines is 2. The molecule has 6 heteroatoms. The van der Waals surface area contributed by atoms with Gasteiger partial charge in [0, 0.05) is 36.6 Å². The Bertz CT molecular complexity index is 917. The van der Waals surface area contributed by atoms with E-state index in [9.17, 15) is 4.79 Å². The number of carbonyl (C=O) groups is 1. The minimum absolute atomic E-state index is 0.238. The van der Waals surface area contributed by atoms with Gasteiger partial charge in [-0.15, -0.1) is 0 Å². The van der Waals surface area contributed by atoms with Gasteiger partial charge < -0.3 is 15.4 Å². The Hall–Kier alpha value is -2.99. The molecule has 4 rings (SSSR count). The second-order valence-corrected chi connectivity index (χ2v) is 6.28. The first-order chi connectivity index (χ1) is 12.8. The highest BCUT2D eigenvalue weighted by Crippen LogP contribution is 2.21. The lowest BCUT2D eigenvalue weighted by atomic mass is 10.2. The van der Waals surface area contributed by atoms with Gasteiger partial charge in [-0.3, -0.25) is 14.8 Å². The van der Waals surface area contributed by atoms with Crippen LogP contribution < -0.4 is 10.6 Å². The van der Waals surface area contributed by atoms with Crippen molar-refractivity contribution in [2.75, 3.05) is 23.8 Å². The molecule has 0 radical (unpaired) electrons. The van der Waals surface area contributed by atoms with Crippen LogP contribution in [-0.4, -0.2) is 35.1 Å². The van der Waals surface area contributed by atoms with E-state index in [0.29, 0.717) is 11.4 Å². The molecule has 1 fully saturated rings. The average Bonchev–Trinajstić information content (AvgIpc) is 3.20. The van der Waals surface area contributed by atoms with E-state index in [4.69, 9.17) is 4.74 Å². The molecule has 2 aromatic heterocycles. The summed E-state index contributed by atoms with van der Waals surface area (Å²) in [4.78, 5) is 21.2. The molecule has 1 atom stereocenters. The number of nitrogens with one attached hydrogen (secondary N) is 2. The normalized spacial score (nSPS) is 16.5. The minimum atomic E-state index is -0.260. The number of carbonyl (C=O) groups excluding carboxylic acids is 1. The zero-order chi connectivity index (χ0) is 17.8. The molecule has 0 bridgehead atoms. The van der Waals surface area contributed by atoms with Crippen LogP contribution in [-0.2, 0) is 4.74 Å². The fourth-order valence-electron chi connectivity index (χ4n) is 3.09. The predicted octanol–water partition coefficient (Wildman–Crippen LogP) is 3.47. The van der Waals surface area contributed by atoms with Crippen LogP contribution in [0.4, 0.5) is 11.4 Å². The number of fused-ring (bicyclic) bond motifs is 1. The highest BCUT2D eigenvalue weighted by Gasteiger charge is 2.15. The summed E-state index contributed by atoms with van der Waals surface area (Å²) < 4.78 is 5.61. The molecule has 1 saturated heterocycles. The van der Waals surface area contributed by atoms with Gasteiger partial charge in [0.2, 0.25) is 0 Å². The average molecular weight is 348 g/mol. The van der Waals surface area contributed by atoms with Crippen molar-refractivity contribution in [3.63, 3.8) is 0 Å². The molecule has 0 saturated carbocycles. The predicted molar refractivity (Wildman–Crippen MR) is 101 cm³/mol. The molecule has 1 aliphatic rings. The van der Waals surface area contributed by atoms with Crippen LogP contribution in [0.25, 0.3) is 10.9 Å². The molecule has 3 heterocycles. The molecule has 1 aromatic carbocycles. The van der Waals surface area contributed by atoms with Gasteiger partial charge in [-0.25, -0.2) is 0 Å². The minimum Gasteiger partial charge on any atom is -0.382 e. The van der Waals surface area contributed by atoms with Crippen molar-refractivity contribution in [3.05, 3.63) is 60.6 Å². The van der Waals surface area contributed by atoms with Gasteiger partial charge in [0.15, 0.2) is 0 Å². The SMILES string of the molecule is O=C(Nc1cccc2cccnc12)c1cc(NCC2CCCO2)ccn1. The van der Waals surface area contributed by atoms with Crippen LogP contribution in [0.15, 0.2) is 54.9 Å². The van der Waals surface area contributed by atoms with Gasteiger partial charge in [-0.2, -0.15) is 0 Å². The van der Waals surface area contributed by atoms with Gasteiger partial charge in [0.25, 0.3) is 5.91 Å². The summed E-state index contributed by atoms with van der Waals surface area (Å²) in [5.41, 5.74) is 2.65. The summed E-state index contributed by atoms with van der Waals surface area (Å²) in [6.07, 6.45) is 5.76. The highest BCUT2D eigenvalue weighted by molar-refractivity contribution is 6.07. The van der Waals surface area contributed by atoms with Gasteiger partial charge >= 0.3 is 0 Å². The Morgan fingerprint density at radius 1 is 1.15 bits per heavy atom. The number of hydrogen-bond acceptors (Lipinski definition) is 5. The molecule has 1 unspecified atom stereocenters. The Morgan fingerprint density at radius 2 is 2.08 bits per heavy atom. The van der Waals surface area contributed by atoms with Crippen LogP contribution in [0.2, 0.25) is 0 Å². The van der Waals surface area contributed by atoms with Crippen molar-refractivity contribution < 1.29 is 9.53 Å². The van der Waals surface area contributed by atoms with Gasteiger partial charge in [-0.05, 0) is 37.1 Å². The number of hydrogen-bond donors (Lipinski definition) is 2. The lowest BCUT2D eigenvalue weighted by Gasteiger charge is -2.12. The Labute approximate surface area is 151 Å². The zero-order valence-corrected chi connectivity index (χ0v) is 14.3. The number of benzene rings is 1. The fourth-order valence-corrected chi connectivity index (χ4v) is 3.09. The first kappa shape index (κ1) is 16.5. The maximum absolute atomic E-state index is 12.6. The van der Waals surface area contributed by atoms with E-state index >= 15 is 0 Å². The van der Waals surface area contributed by atoms with Crippen molar-refractivity contribution in [1.29, 1.82) is 0 Å². The lowest BCUT2D eigenvalue weighted by Crippen LogP contribution is -2.19. The molecule has 1 amide bonds. The van der Waals surface area contributed by atoms with Crippen LogP contribution >= 0.6 is 0 Å². The van der Waals surface area contributed by atoms with E-state index in [1.807, 2.05) is 36.4 Å². The van der Waals surface area contributed by atoms with Crippen molar-refractivity contribution >= 4 is 28.2 Å². The topological polar surface area (TPSA) is 76.1 Å². The summed E-state index contributed by atoms with van der Waals surface area (Å²) in [7, 11) is 0. The number of nitrogens with zero attached hydrogens (tertiary/aromatic N) is 2. The molecule has 0 spiro atoms. The quantitative estimate of drug-likeness (QED) is 0.738. The van der Waals surface area contributed by atoms with E-state index in [2.05, 4.69) is 20.6 Å². The number of amides is 1. The first-order valence-electron chi connectivity index (χ1n) is 8.76. The summed E-state index contributed by atoms with van der Waals surface area (Å²) in [5, 5.41) is 7.20. The van der Waals surface area contributed by atoms with Gasteiger partial charge in [0.1, 0.15) is 5.69 Å². The smallest absolute Gasteiger partial charge is 0.274 e. The fraction of sp³-hybridized carbons (Fsp3) is 0.250. The standard InChI is InChI=1S/C20H20N4O2/c25-20(24-17-7-1-4-14-5-2-9-22-19(14)17)18-12-15(8-10-21-18)23-13-16-6-3-11-26-16/h1-2,4-5,7-10,12,16H,3,6,11,13H2,(H,21,23)(H,24,25). The van der Waals surface area contributed by atoms with Crippen molar-refractivity contribution in [1.82, 2.24) is 9.97 Å². The largest absolute Gasteiger partial charge is 0.382 e. The van der Waals surface area contributed by atoms with Crippen molar-refractivity contribution in [2.45, 2.75) is 18.9 Å². The molecule has 2 N–H and O–H groups in total. The summed E-state index contributed by atoms with van der Waals surface area (Å²) >= 11 is 0. The van der Waals surface area contributed by atoms with Crippen LogP contribution in [0.3, 0.4) is 0 Å². The van der Waals surface area contributed by atoms with Crippen molar-refractivity contribution in [2.24, 2.45) is 0 Å². The molecular formula is C20H20N4O2. The summed E-state index contributed by atoms with van der Waals surface area (Å²) in [6.45, 7) is 1.56. The third-order valence-electron chi connectivity index (χ3n) is 4.43. The number of ether oxygens (including phenoxy) is 1. The Morgan fingerprint density at radius 3 is 2.96 bits per heavy atom. The second-order valence-electron chi connectivity index (χ2n) is 6.28. The van der Waals surface area contributed by atoms with E-state index in [1.54, 1.807) is 18.5 Å². The maximum atomic E-state index is 12.6. The second kappa shape index (κ2) is 7.49. The monoisotopic (exact) mass is 348 g/mol. The molecule has 26 heavy (non-hydrogen) atoms. The molecule has 6 nitrogen and oxygen atoms in total. The number of pyridine rings is 2. The Kier molecular flexibility index (Phi) is 4.75. The molecular weight excluding hydrogens is 328 g/mol. The Balaban J connectivity index is 1.48. The van der Waals surface area contributed by atoms with Gasteiger partial charge in [-0.1, -0.05) is 18.2 Å². The highest BCUT2D eigenvalue weighted by atomic mass is 16.5. The number of para-hydroxylation sites is 1. The first-order valence-corrected chi connectivity index (χ1v) is 8.76. The number of rotatable bonds is 5. The lowest BCUT2D eigenvalue weighted by molar-refractivity contribution is 0.102. The van der Waals surface area contributed by atoms with Crippen LogP contribution in [0, 0.1) is 0 Å². The van der Waals surface area contributed by atoms with Gasteiger partial charge in [0.05, 0.1) is 17.3 Å². The third-order valence-corrected chi connectivity index (χ3v) is 4.43. The molecule has 0 aliphatic carbocycles. The van der Waals surface area contributed by atoms with E-state index in [1.165, 1.54) is 0 Å². The van der Waals surface area contributed by atoms with E-state index < -0.39 is 0 Å². The number of aromatic nitrogens is 2. The zero-order valence-electron chi connectivity index (χ0n) is 14.3. The van der Waals surface area contributed by atoms with Crippen molar-refractivity contribution in [3.8, 4) is 0 Å². The summed E-state index contributed by atoms with van der Waals surface area (Å²) in [5.74, 6) is -0.260. The van der Waals surface area contributed by atoms with Crippen LogP contribution in [0.1, 0.15) is 23.3 Å². The van der Waals surface area contributed by atoms with E-state index in [-0.39, 0.29) is 12.0 Å². The third kappa shape index (κ3) is 3.65. The molecule has 3 aromatic rings.